The molecule has 10 nitrogen and oxygen atoms in total. The zero-order valence-corrected chi connectivity index (χ0v) is 17.4. The minimum absolute atomic E-state index is 0. The van der Waals surface area contributed by atoms with Crippen LogP contribution in [-0.2, 0) is 17.9 Å². The lowest BCUT2D eigenvalue weighted by molar-refractivity contribution is -0.384. The predicted molar refractivity (Wildman–Crippen MR) is 114 cm³/mol. The van der Waals surface area contributed by atoms with Crippen LogP contribution in [0.3, 0.4) is 0 Å². The minimum Gasteiger partial charge on any atom is -0.379 e. The van der Waals surface area contributed by atoms with E-state index < -0.39 is 4.92 Å². The Morgan fingerprint density at radius 1 is 1.23 bits per heavy atom. The number of rotatable bonds is 6. The van der Waals surface area contributed by atoms with E-state index in [-0.39, 0.29) is 24.0 Å². The van der Waals surface area contributed by atoms with E-state index in [1.807, 2.05) is 4.90 Å². The van der Waals surface area contributed by atoms with E-state index >= 15 is 0 Å². The molecule has 3 heterocycles. The molecule has 0 aliphatic carbocycles. The van der Waals surface area contributed by atoms with Crippen molar-refractivity contribution in [1.29, 1.82) is 0 Å². The van der Waals surface area contributed by atoms with E-state index in [9.17, 15) is 14.9 Å². The summed E-state index contributed by atoms with van der Waals surface area (Å²) in [6, 6.07) is 6.47. The van der Waals surface area contributed by atoms with Crippen molar-refractivity contribution >= 4 is 29.7 Å². The standard InChI is InChI=1S/C19H25N7O3.ClH/c27-18(5-8-21-15-3-1-2-4-16(15)26(28)29)24-10-6-14(7-11-24)19-23-22-17-13-20-9-12-25(17)19;/h1-4,14,20-21H,5-13H2;1H. The fraction of sp³-hybridized carbons (Fsp3) is 0.526. The first-order valence-corrected chi connectivity index (χ1v) is 10.0. The van der Waals surface area contributed by atoms with E-state index in [0.29, 0.717) is 37.7 Å². The van der Waals surface area contributed by atoms with Crippen molar-refractivity contribution in [3.8, 4) is 0 Å². The van der Waals surface area contributed by atoms with Crippen molar-refractivity contribution in [1.82, 2.24) is 25.0 Å². The zero-order chi connectivity index (χ0) is 20.2. The first kappa shape index (κ1) is 22.0. The van der Waals surface area contributed by atoms with Crippen LogP contribution < -0.4 is 10.6 Å². The SMILES string of the molecule is Cl.O=C(CCNc1ccccc1[N+](=O)[O-])N1CCC(c2nnc3n2CCNC3)CC1. The number of nitrogens with zero attached hydrogens (tertiary/aromatic N) is 5. The number of anilines is 1. The number of amides is 1. The second-order valence-electron chi connectivity index (χ2n) is 7.41. The van der Waals surface area contributed by atoms with E-state index in [1.54, 1.807) is 18.2 Å². The maximum absolute atomic E-state index is 12.5. The van der Waals surface area contributed by atoms with Crippen LogP contribution in [0.1, 0.15) is 36.8 Å². The Bertz CT molecular complexity index is 896. The molecular formula is C19H26ClN7O3. The summed E-state index contributed by atoms with van der Waals surface area (Å²) in [5.74, 6) is 2.45. The van der Waals surface area contributed by atoms with E-state index in [0.717, 1.165) is 44.1 Å². The maximum Gasteiger partial charge on any atom is 0.292 e. The number of para-hydroxylation sites is 2. The number of carbonyl (C=O) groups excluding carboxylic acids is 1. The smallest absolute Gasteiger partial charge is 0.292 e. The molecule has 0 radical (unpaired) electrons. The molecule has 0 spiro atoms. The van der Waals surface area contributed by atoms with Gasteiger partial charge in [-0.3, -0.25) is 14.9 Å². The van der Waals surface area contributed by atoms with Gasteiger partial charge in [0.2, 0.25) is 5.91 Å². The third-order valence-corrected chi connectivity index (χ3v) is 5.62. The highest BCUT2D eigenvalue weighted by Crippen LogP contribution is 2.28. The summed E-state index contributed by atoms with van der Waals surface area (Å²) in [5.41, 5.74) is 0.461. The van der Waals surface area contributed by atoms with Crippen LogP contribution in [0.15, 0.2) is 24.3 Å². The Morgan fingerprint density at radius 3 is 2.77 bits per heavy atom. The molecule has 2 aromatic rings. The summed E-state index contributed by atoms with van der Waals surface area (Å²) in [5, 5.41) is 26.1. The number of nitrogens with one attached hydrogen (secondary N) is 2. The van der Waals surface area contributed by atoms with Crippen molar-refractivity contribution in [3.05, 3.63) is 46.0 Å². The Labute approximate surface area is 180 Å². The number of carbonyl (C=O) groups is 1. The highest BCUT2D eigenvalue weighted by Gasteiger charge is 2.28. The average Bonchev–Trinajstić information content (AvgIpc) is 3.18. The molecule has 0 atom stereocenters. The lowest BCUT2D eigenvalue weighted by Gasteiger charge is -2.32. The molecule has 0 bridgehead atoms. The number of aromatic nitrogens is 3. The van der Waals surface area contributed by atoms with Crippen LogP contribution >= 0.6 is 12.4 Å². The lowest BCUT2D eigenvalue weighted by atomic mass is 9.95. The molecule has 2 N–H and O–H groups in total. The van der Waals surface area contributed by atoms with Gasteiger partial charge in [-0.2, -0.15) is 0 Å². The summed E-state index contributed by atoms with van der Waals surface area (Å²) in [7, 11) is 0. The van der Waals surface area contributed by atoms with Gasteiger partial charge in [-0.1, -0.05) is 12.1 Å². The maximum atomic E-state index is 12.5. The van der Waals surface area contributed by atoms with E-state index in [1.165, 1.54) is 6.07 Å². The van der Waals surface area contributed by atoms with Gasteiger partial charge in [0.1, 0.15) is 17.3 Å². The summed E-state index contributed by atoms with van der Waals surface area (Å²) < 4.78 is 2.22. The van der Waals surface area contributed by atoms with Gasteiger partial charge in [0.15, 0.2) is 0 Å². The lowest BCUT2D eigenvalue weighted by Crippen LogP contribution is -2.39. The topological polar surface area (TPSA) is 118 Å². The Morgan fingerprint density at radius 2 is 2.00 bits per heavy atom. The Balaban J connectivity index is 0.00000256. The molecule has 162 valence electrons. The van der Waals surface area contributed by atoms with Crippen LogP contribution in [0, 0.1) is 10.1 Å². The number of nitro benzene ring substituents is 1. The van der Waals surface area contributed by atoms with Gasteiger partial charge in [-0.15, -0.1) is 22.6 Å². The van der Waals surface area contributed by atoms with Gasteiger partial charge in [-0.25, -0.2) is 0 Å². The minimum atomic E-state index is -0.422. The number of halogens is 1. The first-order valence-electron chi connectivity index (χ1n) is 10.0. The third kappa shape index (κ3) is 4.71. The Hall–Kier alpha value is -2.72. The molecule has 1 saturated heterocycles. The van der Waals surface area contributed by atoms with Crippen LogP contribution in [0.2, 0.25) is 0 Å². The van der Waals surface area contributed by atoms with Crippen molar-refractivity contribution in [2.24, 2.45) is 0 Å². The van der Waals surface area contributed by atoms with Crippen molar-refractivity contribution in [2.45, 2.75) is 38.3 Å². The highest BCUT2D eigenvalue weighted by atomic mass is 35.5. The molecular weight excluding hydrogens is 410 g/mol. The fourth-order valence-corrected chi connectivity index (χ4v) is 4.05. The van der Waals surface area contributed by atoms with Gasteiger partial charge in [0, 0.05) is 51.1 Å². The molecule has 1 aromatic carbocycles. The summed E-state index contributed by atoms with van der Waals surface area (Å²) in [4.78, 5) is 25.1. The number of hydrogen-bond donors (Lipinski definition) is 2. The monoisotopic (exact) mass is 435 g/mol. The van der Waals surface area contributed by atoms with E-state index in [4.69, 9.17) is 0 Å². The highest BCUT2D eigenvalue weighted by molar-refractivity contribution is 5.85. The number of nitro groups is 1. The van der Waals surface area contributed by atoms with Crippen molar-refractivity contribution in [3.63, 3.8) is 0 Å². The number of likely N-dealkylation sites (tertiary alicyclic amines) is 1. The van der Waals surface area contributed by atoms with Crippen molar-refractivity contribution in [2.75, 3.05) is 31.5 Å². The molecule has 0 saturated carbocycles. The molecule has 1 amide bonds. The van der Waals surface area contributed by atoms with Gasteiger partial charge in [-0.05, 0) is 18.9 Å². The van der Waals surface area contributed by atoms with E-state index in [2.05, 4.69) is 25.4 Å². The largest absolute Gasteiger partial charge is 0.379 e. The van der Waals surface area contributed by atoms with Crippen LogP contribution in [-0.4, -0.2) is 56.7 Å². The molecule has 4 rings (SSSR count). The van der Waals surface area contributed by atoms with Crippen LogP contribution in [0.25, 0.3) is 0 Å². The average molecular weight is 436 g/mol. The van der Waals surface area contributed by atoms with Gasteiger partial charge >= 0.3 is 0 Å². The quantitative estimate of drug-likeness (QED) is 0.525. The van der Waals surface area contributed by atoms with Gasteiger partial charge < -0.3 is 20.1 Å². The van der Waals surface area contributed by atoms with Crippen molar-refractivity contribution < 1.29 is 9.72 Å². The molecule has 0 unspecified atom stereocenters. The van der Waals surface area contributed by atoms with Gasteiger partial charge in [0.05, 0.1) is 11.5 Å². The summed E-state index contributed by atoms with van der Waals surface area (Å²) >= 11 is 0. The number of fused-ring (bicyclic) bond motifs is 1. The van der Waals surface area contributed by atoms with Crippen LogP contribution in [0.4, 0.5) is 11.4 Å². The summed E-state index contributed by atoms with van der Waals surface area (Å²) in [6.07, 6.45) is 2.08. The molecule has 11 heteroatoms. The number of piperidine rings is 1. The van der Waals surface area contributed by atoms with Gasteiger partial charge in [0.25, 0.3) is 5.69 Å². The summed E-state index contributed by atoms with van der Waals surface area (Å²) in [6.45, 7) is 4.37. The first-order chi connectivity index (χ1) is 14.1. The number of hydrogen-bond acceptors (Lipinski definition) is 7. The van der Waals surface area contributed by atoms with Crippen LogP contribution in [0.5, 0.6) is 0 Å². The second-order valence-corrected chi connectivity index (χ2v) is 7.41. The molecule has 2 aliphatic heterocycles. The third-order valence-electron chi connectivity index (χ3n) is 5.62. The normalized spacial score (nSPS) is 16.5. The molecule has 1 fully saturated rings. The molecule has 30 heavy (non-hydrogen) atoms. The second kappa shape index (κ2) is 9.86. The fourth-order valence-electron chi connectivity index (χ4n) is 4.05. The number of benzene rings is 1. The zero-order valence-electron chi connectivity index (χ0n) is 16.6. The molecule has 1 aromatic heterocycles. The predicted octanol–water partition coefficient (Wildman–Crippen LogP) is 1.92. The Kier molecular flexibility index (Phi) is 7.22. The molecule has 2 aliphatic rings.